The van der Waals surface area contributed by atoms with Crippen LogP contribution in [0.1, 0.15) is 59.3 Å². The molecule has 0 aromatic carbocycles. The molecule has 1 saturated carbocycles. The van der Waals surface area contributed by atoms with E-state index in [-0.39, 0.29) is 5.54 Å². The molecule has 1 saturated heterocycles. The first-order valence-electron chi connectivity index (χ1n) is 9.20. The molecule has 3 nitrogen and oxygen atoms in total. The van der Waals surface area contributed by atoms with Gasteiger partial charge in [0.05, 0.1) is 0 Å². The van der Waals surface area contributed by atoms with Crippen LogP contribution >= 0.6 is 0 Å². The van der Waals surface area contributed by atoms with Crippen molar-refractivity contribution in [3.8, 4) is 0 Å². The number of nitrogens with two attached hydrogens (primary N) is 1. The van der Waals surface area contributed by atoms with Gasteiger partial charge in [-0.25, -0.2) is 0 Å². The molecule has 1 heterocycles. The Morgan fingerprint density at radius 2 is 2.00 bits per heavy atom. The number of hydrogen-bond donors (Lipinski definition) is 1. The summed E-state index contributed by atoms with van der Waals surface area (Å²) in [6, 6.07) is 0.748. The molecule has 2 rings (SSSR count). The molecule has 0 bridgehead atoms. The quantitative estimate of drug-likeness (QED) is 0.818. The van der Waals surface area contributed by atoms with E-state index in [0.29, 0.717) is 0 Å². The normalized spacial score (nSPS) is 35.0. The summed E-state index contributed by atoms with van der Waals surface area (Å²) in [7, 11) is 2.35. The molecule has 3 heteroatoms. The van der Waals surface area contributed by atoms with Crippen molar-refractivity contribution in [1.82, 2.24) is 9.80 Å². The van der Waals surface area contributed by atoms with Gasteiger partial charge in [-0.05, 0) is 57.7 Å². The molecule has 1 aliphatic carbocycles. The highest BCUT2D eigenvalue weighted by Gasteiger charge is 2.44. The molecule has 3 atom stereocenters. The van der Waals surface area contributed by atoms with Crippen molar-refractivity contribution in [2.24, 2.45) is 17.6 Å². The SMILES string of the molecule is CCN1CCCC1CN(C)C1(CN)CCCCC1C(C)C. The van der Waals surface area contributed by atoms with E-state index in [0.717, 1.165) is 24.4 Å². The lowest BCUT2D eigenvalue weighted by Gasteiger charge is -2.52. The zero-order valence-corrected chi connectivity index (χ0v) is 14.8. The van der Waals surface area contributed by atoms with Crippen molar-refractivity contribution < 1.29 is 0 Å². The molecule has 0 radical (unpaired) electrons. The lowest BCUT2D eigenvalue weighted by molar-refractivity contribution is -0.00849. The maximum Gasteiger partial charge on any atom is 0.0359 e. The van der Waals surface area contributed by atoms with Crippen LogP contribution in [0.5, 0.6) is 0 Å². The van der Waals surface area contributed by atoms with Crippen LogP contribution in [0.3, 0.4) is 0 Å². The first-order chi connectivity index (χ1) is 10.0. The predicted octanol–water partition coefficient (Wildman–Crippen LogP) is 2.95. The summed E-state index contributed by atoms with van der Waals surface area (Å²) < 4.78 is 0. The van der Waals surface area contributed by atoms with Gasteiger partial charge in [0.1, 0.15) is 0 Å². The molecule has 2 N–H and O–H groups in total. The van der Waals surface area contributed by atoms with Crippen molar-refractivity contribution in [1.29, 1.82) is 0 Å². The van der Waals surface area contributed by atoms with Crippen LogP contribution in [0.2, 0.25) is 0 Å². The van der Waals surface area contributed by atoms with Gasteiger partial charge >= 0.3 is 0 Å². The molecule has 3 unspecified atom stereocenters. The lowest BCUT2D eigenvalue weighted by atomic mass is 9.67. The summed E-state index contributed by atoms with van der Waals surface area (Å²) in [5, 5.41) is 0. The van der Waals surface area contributed by atoms with Crippen molar-refractivity contribution in [3.05, 3.63) is 0 Å². The molecule has 21 heavy (non-hydrogen) atoms. The Kier molecular flexibility index (Phi) is 6.10. The molecule has 124 valence electrons. The third kappa shape index (κ3) is 3.46. The zero-order valence-electron chi connectivity index (χ0n) is 14.8. The second-order valence-electron chi connectivity index (χ2n) is 7.71. The van der Waals surface area contributed by atoms with E-state index in [9.17, 15) is 0 Å². The smallest absolute Gasteiger partial charge is 0.0359 e. The molecule has 1 aliphatic heterocycles. The number of rotatable bonds is 6. The first kappa shape index (κ1) is 17.2. The topological polar surface area (TPSA) is 32.5 Å². The Bertz CT molecular complexity index is 318. The summed E-state index contributed by atoms with van der Waals surface area (Å²) in [6.45, 7) is 11.6. The standard InChI is InChI=1S/C18H37N3/c1-5-21-12-8-9-16(21)13-20(4)18(14-19)11-7-6-10-17(18)15(2)3/h15-17H,5-14,19H2,1-4H3. The largest absolute Gasteiger partial charge is 0.329 e. The summed E-state index contributed by atoms with van der Waals surface area (Å²) in [5.41, 5.74) is 6.60. The molecule has 0 amide bonds. The summed E-state index contributed by atoms with van der Waals surface area (Å²) >= 11 is 0. The highest BCUT2D eigenvalue weighted by Crippen LogP contribution is 2.41. The molecule has 0 aromatic heterocycles. The van der Waals surface area contributed by atoms with E-state index in [1.54, 1.807) is 0 Å². The Morgan fingerprint density at radius 3 is 2.62 bits per heavy atom. The second kappa shape index (κ2) is 7.43. The van der Waals surface area contributed by atoms with Gasteiger partial charge in [-0.2, -0.15) is 0 Å². The van der Waals surface area contributed by atoms with E-state index in [1.165, 1.54) is 58.2 Å². The highest BCUT2D eigenvalue weighted by molar-refractivity contribution is 5.01. The van der Waals surface area contributed by atoms with E-state index < -0.39 is 0 Å². The predicted molar refractivity (Wildman–Crippen MR) is 91.5 cm³/mol. The fourth-order valence-electron chi connectivity index (χ4n) is 5.10. The van der Waals surface area contributed by atoms with Crippen LogP contribution in [0.15, 0.2) is 0 Å². The third-order valence-corrected chi connectivity index (χ3v) is 6.37. The minimum Gasteiger partial charge on any atom is -0.329 e. The first-order valence-corrected chi connectivity index (χ1v) is 9.20. The zero-order chi connectivity index (χ0) is 15.5. The highest BCUT2D eigenvalue weighted by atomic mass is 15.3. The van der Waals surface area contributed by atoms with E-state index in [4.69, 9.17) is 5.73 Å². The van der Waals surface area contributed by atoms with Gasteiger partial charge in [-0.1, -0.05) is 33.6 Å². The van der Waals surface area contributed by atoms with Crippen molar-refractivity contribution in [2.45, 2.75) is 70.9 Å². The van der Waals surface area contributed by atoms with Crippen LogP contribution in [0.25, 0.3) is 0 Å². The molecular weight excluding hydrogens is 258 g/mol. The fraction of sp³-hybridized carbons (Fsp3) is 1.00. The Hall–Kier alpha value is -0.120. The van der Waals surface area contributed by atoms with Crippen molar-refractivity contribution in [3.63, 3.8) is 0 Å². The second-order valence-corrected chi connectivity index (χ2v) is 7.71. The number of nitrogens with zero attached hydrogens (tertiary/aromatic N) is 2. The summed E-state index contributed by atoms with van der Waals surface area (Å²) in [4.78, 5) is 5.32. The van der Waals surface area contributed by atoms with Gasteiger partial charge in [0.15, 0.2) is 0 Å². The van der Waals surface area contributed by atoms with Gasteiger partial charge in [0.25, 0.3) is 0 Å². The van der Waals surface area contributed by atoms with E-state index in [1.807, 2.05) is 0 Å². The average molecular weight is 296 g/mol. The average Bonchev–Trinajstić information content (AvgIpc) is 2.93. The van der Waals surface area contributed by atoms with Crippen molar-refractivity contribution >= 4 is 0 Å². The third-order valence-electron chi connectivity index (χ3n) is 6.37. The monoisotopic (exact) mass is 295 g/mol. The number of likely N-dealkylation sites (tertiary alicyclic amines) is 1. The number of likely N-dealkylation sites (N-methyl/N-ethyl adjacent to an activating group) is 2. The van der Waals surface area contributed by atoms with Gasteiger partial charge in [-0.3, -0.25) is 9.80 Å². The lowest BCUT2D eigenvalue weighted by Crippen LogP contribution is -2.61. The Labute approximate surface area is 132 Å². The number of hydrogen-bond acceptors (Lipinski definition) is 3. The van der Waals surface area contributed by atoms with E-state index in [2.05, 4.69) is 37.6 Å². The maximum absolute atomic E-state index is 6.35. The van der Waals surface area contributed by atoms with Gasteiger partial charge in [0.2, 0.25) is 0 Å². The van der Waals surface area contributed by atoms with Crippen LogP contribution in [-0.4, -0.2) is 54.6 Å². The van der Waals surface area contributed by atoms with E-state index >= 15 is 0 Å². The van der Waals surface area contributed by atoms with Gasteiger partial charge in [0, 0.05) is 24.7 Å². The summed E-state index contributed by atoms with van der Waals surface area (Å²) in [6.07, 6.45) is 8.14. The minimum absolute atomic E-state index is 0.244. The molecule has 0 spiro atoms. The van der Waals surface area contributed by atoms with Gasteiger partial charge < -0.3 is 5.73 Å². The van der Waals surface area contributed by atoms with Crippen LogP contribution in [0, 0.1) is 11.8 Å². The molecular formula is C18H37N3. The van der Waals surface area contributed by atoms with Crippen molar-refractivity contribution in [2.75, 3.05) is 33.2 Å². The molecule has 2 fully saturated rings. The van der Waals surface area contributed by atoms with Crippen LogP contribution in [-0.2, 0) is 0 Å². The molecule has 2 aliphatic rings. The Morgan fingerprint density at radius 1 is 1.24 bits per heavy atom. The minimum atomic E-state index is 0.244. The fourth-order valence-corrected chi connectivity index (χ4v) is 5.10. The van der Waals surface area contributed by atoms with Crippen LogP contribution in [0.4, 0.5) is 0 Å². The van der Waals surface area contributed by atoms with Gasteiger partial charge in [-0.15, -0.1) is 0 Å². The maximum atomic E-state index is 6.35. The van der Waals surface area contributed by atoms with Crippen LogP contribution < -0.4 is 5.73 Å². The molecule has 0 aromatic rings. The Balaban J connectivity index is 2.10. The summed E-state index contributed by atoms with van der Waals surface area (Å²) in [5.74, 6) is 1.50.